The summed E-state index contributed by atoms with van der Waals surface area (Å²) in [6, 6.07) is 7.11. The van der Waals surface area contributed by atoms with Gasteiger partial charge in [-0.25, -0.2) is 9.97 Å². The Bertz CT molecular complexity index is 864. The lowest BCUT2D eigenvalue weighted by atomic mass is 10.1. The summed E-state index contributed by atoms with van der Waals surface area (Å²) in [4.78, 5) is 35.7. The van der Waals surface area contributed by atoms with E-state index in [1.54, 1.807) is 4.90 Å². The molecule has 2 aliphatic rings. The Balaban J connectivity index is 1.57. The molecular weight excluding hydrogens is 344 g/mol. The standard InChI is InChI=1S/C20H22N4O3/c25-15-12-13-6-2-3-7-14(13)16(15)23-19(26)17-18(22-9-8-21-17)20(27)24-10-4-1-5-11-24/h2-3,6-9,15-16,25H,1,4-5,10-12H2,(H,23,26)/t15-,16-/m1/s1. The highest BCUT2D eigenvalue weighted by atomic mass is 16.3. The molecule has 27 heavy (non-hydrogen) atoms. The number of nitrogens with zero attached hydrogens (tertiary/aromatic N) is 3. The molecular formula is C20H22N4O3. The van der Waals surface area contributed by atoms with E-state index in [-0.39, 0.29) is 17.3 Å². The lowest BCUT2D eigenvalue weighted by molar-refractivity contribution is 0.0708. The quantitative estimate of drug-likeness (QED) is 0.858. The van der Waals surface area contributed by atoms with Crippen LogP contribution in [0.4, 0.5) is 0 Å². The van der Waals surface area contributed by atoms with Crippen LogP contribution in [0.2, 0.25) is 0 Å². The highest BCUT2D eigenvalue weighted by molar-refractivity contribution is 6.04. The zero-order chi connectivity index (χ0) is 18.8. The molecule has 1 aromatic heterocycles. The number of fused-ring (bicyclic) bond motifs is 1. The van der Waals surface area contributed by atoms with Gasteiger partial charge in [0.25, 0.3) is 11.8 Å². The van der Waals surface area contributed by atoms with Crippen molar-refractivity contribution in [1.82, 2.24) is 20.2 Å². The van der Waals surface area contributed by atoms with Crippen molar-refractivity contribution < 1.29 is 14.7 Å². The zero-order valence-electron chi connectivity index (χ0n) is 15.0. The van der Waals surface area contributed by atoms with Gasteiger partial charge in [-0.05, 0) is 30.4 Å². The Morgan fingerprint density at radius 2 is 1.74 bits per heavy atom. The van der Waals surface area contributed by atoms with Gasteiger partial charge in [-0.2, -0.15) is 0 Å². The molecule has 7 nitrogen and oxygen atoms in total. The van der Waals surface area contributed by atoms with Crippen LogP contribution in [-0.4, -0.2) is 51.0 Å². The molecule has 1 aliphatic carbocycles. The van der Waals surface area contributed by atoms with Gasteiger partial charge in [-0.1, -0.05) is 24.3 Å². The van der Waals surface area contributed by atoms with E-state index in [0.717, 1.165) is 30.4 Å². The topological polar surface area (TPSA) is 95.4 Å². The van der Waals surface area contributed by atoms with Crippen molar-refractivity contribution in [2.75, 3.05) is 13.1 Å². The minimum atomic E-state index is -0.704. The van der Waals surface area contributed by atoms with E-state index in [9.17, 15) is 14.7 Å². The minimum absolute atomic E-state index is 0.00431. The summed E-state index contributed by atoms with van der Waals surface area (Å²) in [5.41, 5.74) is 1.98. The van der Waals surface area contributed by atoms with Crippen LogP contribution < -0.4 is 5.32 Å². The van der Waals surface area contributed by atoms with Gasteiger partial charge in [-0.3, -0.25) is 9.59 Å². The van der Waals surface area contributed by atoms with Crippen molar-refractivity contribution in [3.63, 3.8) is 0 Å². The first-order valence-corrected chi connectivity index (χ1v) is 9.32. The Labute approximate surface area is 157 Å². The van der Waals surface area contributed by atoms with E-state index in [1.165, 1.54) is 12.4 Å². The van der Waals surface area contributed by atoms with Gasteiger partial charge in [-0.15, -0.1) is 0 Å². The molecule has 1 aromatic carbocycles. The average Bonchev–Trinajstić information content (AvgIpc) is 3.03. The Kier molecular flexibility index (Phi) is 4.85. The maximum atomic E-state index is 12.9. The summed E-state index contributed by atoms with van der Waals surface area (Å²) in [6.07, 6.45) is 5.63. The highest BCUT2D eigenvalue weighted by Gasteiger charge is 2.34. The maximum absolute atomic E-state index is 12.9. The SMILES string of the molecule is O=C(N[C@@H]1c2ccccc2C[C@H]1O)c1nccnc1C(=O)N1CCCCC1. The predicted molar refractivity (Wildman–Crippen MR) is 98.1 cm³/mol. The van der Waals surface area contributed by atoms with Crippen LogP contribution in [0, 0.1) is 0 Å². The summed E-state index contributed by atoms with van der Waals surface area (Å²) in [7, 11) is 0. The van der Waals surface area contributed by atoms with Crippen molar-refractivity contribution in [3.05, 3.63) is 59.2 Å². The first-order valence-electron chi connectivity index (χ1n) is 9.32. The number of piperidine rings is 1. The Morgan fingerprint density at radius 3 is 2.52 bits per heavy atom. The lowest BCUT2D eigenvalue weighted by Gasteiger charge is -2.26. The monoisotopic (exact) mass is 366 g/mol. The smallest absolute Gasteiger partial charge is 0.274 e. The number of nitrogens with one attached hydrogen (secondary N) is 1. The molecule has 1 aliphatic heterocycles. The third-order valence-electron chi connectivity index (χ3n) is 5.25. The van der Waals surface area contributed by atoms with Gasteiger partial charge >= 0.3 is 0 Å². The maximum Gasteiger partial charge on any atom is 0.274 e. The van der Waals surface area contributed by atoms with Gasteiger partial charge in [0.1, 0.15) is 0 Å². The second-order valence-electron chi connectivity index (χ2n) is 7.03. The number of aliphatic hydroxyl groups excluding tert-OH is 1. The van der Waals surface area contributed by atoms with E-state index in [4.69, 9.17) is 0 Å². The van der Waals surface area contributed by atoms with Crippen molar-refractivity contribution in [1.29, 1.82) is 0 Å². The van der Waals surface area contributed by atoms with Crippen LogP contribution in [0.1, 0.15) is 57.4 Å². The number of carbonyl (C=O) groups excluding carboxylic acids is 2. The molecule has 140 valence electrons. The van der Waals surface area contributed by atoms with Crippen molar-refractivity contribution in [2.24, 2.45) is 0 Å². The number of likely N-dealkylation sites (tertiary alicyclic amines) is 1. The predicted octanol–water partition coefficient (Wildman–Crippen LogP) is 1.49. The van der Waals surface area contributed by atoms with Gasteiger partial charge < -0.3 is 15.3 Å². The number of rotatable bonds is 3. The summed E-state index contributed by atoms with van der Waals surface area (Å²) >= 11 is 0. The molecule has 1 fully saturated rings. The molecule has 0 unspecified atom stereocenters. The van der Waals surface area contributed by atoms with E-state index in [0.29, 0.717) is 19.5 Å². The lowest BCUT2D eigenvalue weighted by Crippen LogP contribution is -2.39. The first-order chi connectivity index (χ1) is 13.1. The third kappa shape index (κ3) is 3.42. The summed E-state index contributed by atoms with van der Waals surface area (Å²) in [5.74, 6) is -0.760. The molecule has 0 spiro atoms. The van der Waals surface area contributed by atoms with E-state index in [2.05, 4.69) is 15.3 Å². The minimum Gasteiger partial charge on any atom is -0.390 e. The van der Waals surface area contributed by atoms with Crippen LogP contribution in [-0.2, 0) is 6.42 Å². The molecule has 1 saturated heterocycles. The van der Waals surface area contributed by atoms with Gasteiger partial charge in [0.05, 0.1) is 12.1 Å². The first kappa shape index (κ1) is 17.6. The molecule has 0 radical (unpaired) electrons. The third-order valence-corrected chi connectivity index (χ3v) is 5.25. The van der Waals surface area contributed by atoms with Crippen LogP contribution in [0.3, 0.4) is 0 Å². The number of carbonyl (C=O) groups is 2. The van der Waals surface area contributed by atoms with Gasteiger partial charge in [0, 0.05) is 31.9 Å². The Morgan fingerprint density at radius 1 is 1.04 bits per heavy atom. The fourth-order valence-corrected chi connectivity index (χ4v) is 3.86. The van der Waals surface area contributed by atoms with Crippen molar-refractivity contribution >= 4 is 11.8 Å². The zero-order valence-corrected chi connectivity index (χ0v) is 15.0. The van der Waals surface area contributed by atoms with Crippen LogP contribution in [0.15, 0.2) is 36.7 Å². The number of hydrogen-bond acceptors (Lipinski definition) is 5. The fraction of sp³-hybridized carbons (Fsp3) is 0.400. The summed E-state index contributed by atoms with van der Waals surface area (Å²) in [5, 5.41) is 13.2. The van der Waals surface area contributed by atoms with Crippen molar-refractivity contribution in [3.8, 4) is 0 Å². The largest absolute Gasteiger partial charge is 0.390 e. The Hall–Kier alpha value is -2.80. The summed E-state index contributed by atoms with van der Waals surface area (Å²) < 4.78 is 0. The second-order valence-corrected chi connectivity index (χ2v) is 7.03. The van der Waals surface area contributed by atoms with Crippen LogP contribution >= 0.6 is 0 Å². The molecule has 7 heteroatoms. The second kappa shape index (κ2) is 7.44. The van der Waals surface area contributed by atoms with E-state index < -0.39 is 18.1 Å². The normalized spacial score (nSPS) is 21.6. The van der Waals surface area contributed by atoms with Crippen LogP contribution in [0.5, 0.6) is 0 Å². The number of amides is 2. The molecule has 2 amide bonds. The number of benzene rings is 1. The average molecular weight is 366 g/mol. The van der Waals surface area contributed by atoms with Crippen molar-refractivity contribution in [2.45, 2.75) is 37.8 Å². The van der Waals surface area contributed by atoms with Crippen LogP contribution in [0.25, 0.3) is 0 Å². The molecule has 0 bridgehead atoms. The van der Waals surface area contributed by atoms with Gasteiger partial charge in [0.2, 0.25) is 0 Å². The molecule has 2 N–H and O–H groups in total. The van der Waals surface area contributed by atoms with E-state index >= 15 is 0 Å². The molecule has 2 atom stereocenters. The summed E-state index contributed by atoms with van der Waals surface area (Å²) in [6.45, 7) is 1.34. The number of hydrogen-bond donors (Lipinski definition) is 2. The molecule has 4 rings (SSSR count). The number of aromatic nitrogens is 2. The molecule has 0 saturated carbocycles. The number of aliphatic hydroxyl groups is 1. The van der Waals surface area contributed by atoms with Gasteiger partial charge in [0.15, 0.2) is 11.4 Å². The fourth-order valence-electron chi connectivity index (χ4n) is 3.86. The molecule has 2 aromatic rings. The molecule has 2 heterocycles. The van der Waals surface area contributed by atoms with E-state index in [1.807, 2.05) is 24.3 Å². The highest BCUT2D eigenvalue weighted by Crippen LogP contribution is 2.31.